The van der Waals surface area contributed by atoms with Gasteiger partial charge in [-0.05, 0) is 53.9 Å². The Bertz CT molecular complexity index is 696. The molecule has 0 saturated carbocycles. The third kappa shape index (κ3) is 4.83. The highest BCUT2D eigenvalue weighted by molar-refractivity contribution is 7.94. The lowest BCUT2D eigenvalue weighted by molar-refractivity contribution is 0.599. The van der Waals surface area contributed by atoms with E-state index >= 15 is 0 Å². The maximum atomic E-state index is 12.9. The minimum absolute atomic E-state index is 0.149. The molecule has 1 aromatic rings. The zero-order valence-electron chi connectivity index (χ0n) is 15.7. The van der Waals surface area contributed by atoms with E-state index in [1.54, 1.807) is 0 Å². The second-order valence-corrected chi connectivity index (χ2v) is 9.03. The molecule has 1 aromatic carbocycles. The molecule has 2 nitrogen and oxygen atoms in total. The molecule has 0 spiro atoms. The number of benzene rings is 1. The van der Waals surface area contributed by atoms with Crippen LogP contribution in [0.2, 0.25) is 0 Å². The van der Waals surface area contributed by atoms with E-state index in [9.17, 15) is 8.42 Å². The van der Waals surface area contributed by atoms with Gasteiger partial charge in [0, 0.05) is 0 Å². The van der Waals surface area contributed by atoms with Crippen LogP contribution in [-0.2, 0) is 9.84 Å². The molecule has 0 radical (unpaired) electrons. The molecule has 0 atom stereocenters. The summed E-state index contributed by atoms with van der Waals surface area (Å²) in [6.07, 6.45) is 0. The van der Waals surface area contributed by atoms with Crippen molar-refractivity contribution in [1.29, 1.82) is 0 Å². The summed E-state index contributed by atoms with van der Waals surface area (Å²) in [6, 6.07) is 4.12. The van der Waals surface area contributed by atoms with Gasteiger partial charge in [0.2, 0.25) is 9.84 Å². The van der Waals surface area contributed by atoms with E-state index in [4.69, 9.17) is 0 Å². The maximum Gasteiger partial charge on any atom is 0.207 e. The van der Waals surface area contributed by atoms with Gasteiger partial charge in [0.25, 0.3) is 0 Å². The third-order valence-electron chi connectivity index (χ3n) is 3.87. The molecule has 1 rings (SSSR count). The van der Waals surface area contributed by atoms with Crippen molar-refractivity contribution in [2.45, 2.75) is 78.0 Å². The molecule has 0 aliphatic rings. The maximum absolute atomic E-state index is 12.9. The summed E-state index contributed by atoms with van der Waals surface area (Å²) in [7, 11) is -3.51. The second-order valence-electron chi connectivity index (χ2n) is 7.30. The highest BCUT2D eigenvalue weighted by Crippen LogP contribution is 2.35. The van der Waals surface area contributed by atoms with E-state index < -0.39 is 9.84 Å². The quantitative estimate of drug-likeness (QED) is 0.627. The van der Waals surface area contributed by atoms with Crippen LogP contribution in [0.4, 0.5) is 0 Å². The van der Waals surface area contributed by atoms with Crippen LogP contribution < -0.4 is 0 Å². The zero-order valence-corrected chi connectivity index (χ0v) is 16.5. The number of allylic oxidation sites excluding steroid dienone is 1. The smallest absolute Gasteiger partial charge is 0.207 e. The SMILES string of the molecule is CC(C)=C=CS(=O)(=O)c1c(C(C)C)cc(C(C)C)cc1C(C)C. The predicted octanol–water partition coefficient (Wildman–Crippen LogP) is 5.91. The fourth-order valence-electron chi connectivity index (χ4n) is 2.47. The van der Waals surface area contributed by atoms with Gasteiger partial charge in [0.15, 0.2) is 0 Å². The van der Waals surface area contributed by atoms with Crippen molar-refractivity contribution in [3.05, 3.63) is 45.5 Å². The lowest BCUT2D eigenvalue weighted by atomic mass is 9.89. The Morgan fingerprint density at radius 2 is 1.35 bits per heavy atom. The highest BCUT2D eigenvalue weighted by Gasteiger charge is 2.25. The lowest BCUT2D eigenvalue weighted by Gasteiger charge is -2.21. The number of sulfone groups is 1. The molecule has 23 heavy (non-hydrogen) atoms. The Labute approximate surface area is 142 Å². The van der Waals surface area contributed by atoms with Crippen LogP contribution >= 0.6 is 0 Å². The van der Waals surface area contributed by atoms with Crippen molar-refractivity contribution in [2.75, 3.05) is 0 Å². The van der Waals surface area contributed by atoms with E-state index in [0.29, 0.717) is 10.8 Å². The van der Waals surface area contributed by atoms with Gasteiger partial charge in [-0.15, -0.1) is 5.73 Å². The number of hydrogen-bond acceptors (Lipinski definition) is 2. The summed E-state index contributed by atoms with van der Waals surface area (Å²) in [5, 5.41) is 1.23. The second kappa shape index (κ2) is 7.51. The summed E-state index contributed by atoms with van der Waals surface area (Å²) < 4.78 is 25.9. The van der Waals surface area contributed by atoms with Gasteiger partial charge in [-0.25, -0.2) is 8.42 Å². The summed E-state index contributed by atoms with van der Waals surface area (Å²) in [4.78, 5) is 0.473. The molecular weight excluding hydrogens is 304 g/mol. The molecule has 3 heteroatoms. The summed E-state index contributed by atoms with van der Waals surface area (Å²) >= 11 is 0. The molecular formula is C20H30O2S. The molecule has 0 unspecified atom stereocenters. The van der Waals surface area contributed by atoms with Crippen molar-refractivity contribution in [1.82, 2.24) is 0 Å². The molecule has 0 aliphatic heterocycles. The Morgan fingerprint density at radius 1 is 0.913 bits per heavy atom. The van der Waals surface area contributed by atoms with E-state index in [1.165, 1.54) is 11.0 Å². The molecule has 0 aromatic heterocycles. The summed E-state index contributed by atoms with van der Waals surface area (Å²) in [5.74, 6) is 0.669. The molecule has 0 amide bonds. The van der Waals surface area contributed by atoms with Gasteiger partial charge in [-0.1, -0.05) is 53.7 Å². The van der Waals surface area contributed by atoms with Crippen LogP contribution in [0.25, 0.3) is 0 Å². The number of hydrogen-bond donors (Lipinski definition) is 0. The van der Waals surface area contributed by atoms with Gasteiger partial charge in [-0.3, -0.25) is 0 Å². The van der Waals surface area contributed by atoms with E-state index in [0.717, 1.165) is 16.7 Å². The molecule has 128 valence electrons. The van der Waals surface area contributed by atoms with Crippen LogP contribution in [0, 0.1) is 0 Å². The van der Waals surface area contributed by atoms with Gasteiger partial charge in [0.05, 0.1) is 10.3 Å². The fourth-order valence-corrected chi connectivity index (χ4v) is 4.23. The first-order valence-corrected chi connectivity index (χ1v) is 9.84. The molecule has 0 heterocycles. The predicted molar refractivity (Wildman–Crippen MR) is 98.8 cm³/mol. The van der Waals surface area contributed by atoms with Crippen molar-refractivity contribution in [3.8, 4) is 0 Å². The fraction of sp³-hybridized carbons (Fsp3) is 0.550. The standard InChI is InChI=1S/C20H30O2S/c1-13(2)9-10-23(21,22)20-18(15(5)6)11-17(14(3)4)12-19(20)16(7)8/h10-12,14-16H,1-8H3. The van der Waals surface area contributed by atoms with Gasteiger partial charge in [0.1, 0.15) is 0 Å². The minimum atomic E-state index is -3.51. The van der Waals surface area contributed by atoms with E-state index in [-0.39, 0.29) is 11.8 Å². The first-order valence-electron chi connectivity index (χ1n) is 8.30. The molecule has 0 fully saturated rings. The van der Waals surface area contributed by atoms with Crippen LogP contribution in [0.3, 0.4) is 0 Å². The third-order valence-corrected chi connectivity index (χ3v) is 5.34. The van der Waals surface area contributed by atoms with Gasteiger partial charge < -0.3 is 0 Å². The van der Waals surface area contributed by atoms with Crippen LogP contribution in [0.15, 0.2) is 33.7 Å². The zero-order chi connectivity index (χ0) is 17.9. The first-order chi connectivity index (χ1) is 10.5. The Kier molecular flexibility index (Phi) is 6.44. The first kappa shape index (κ1) is 19.7. The lowest BCUT2D eigenvalue weighted by Crippen LogP contribution is -2.10. The normalized spacial score (nSPS) is 12.0. The van der Waals surface area contributed by atoms with Crippen LogP contribution in [0.1, 0.15) is 89.8 Å². The van der Waals surface area contributed by atoms with Crippen LogP contribution in [0.5, 0.6) is 0 Å². The number of rotatable bonds is 5. The Balaban J connectivity index is 3.86. The topological polar surface area (TPSA) is 34.1 Å². The van der Waals surface area contributed by atoms with Gasteiger partial charge in [-0.2, -0.15) is 0 Å². The average Bonchev–Trinajstić information content (AvgIpc) is 2.43. The molecule has 0 saturated heterocycles. The van der Waals surface area contributed by atoms with E-state index in [1.807, 2.05) is 41.5 Å². The largest absolute Gasteiger partial charge is 0.218 e. The van der Waals surface area contributed by atoms with Crippen LogP contribution in [-0.4, -0.2) is 8.42 Å². The Hall–Kier alpha value is -1.31. The molecule has 0 bridgehead atoms. The Morgan fingerprint density at radius 3 is 1.65 bits per heavy atom. The van der Waals surface area contributed by atoms with Crippen molar-refractivity contribution in [2.24, 2.45) is 0 Å². The average molecular weight is 335 g/mol. The highest BCUT2D eigenvalue weighted by atomic mass is 32.2. The molecule has 0 aliphatic carbocycles. The monoisotopic (exact) mass is 334 g/mol. The van der Waals surface area contributed by atoms with E-state index in [2.05, 4.69) is 31.7 Å². The molecule has 0 N–H and O–H groups in total. The van der Waals surface area contributed by atoms with Crippen molar-refractivity contribution < 1.29 is 8.42 Å². The van der Waals surface area contributed by atoms with Crippen molar-refractivity contribution in [3.63, 3.8) is 0 Å². The van der Waals surface area contributed by atoms with Crippen molar-refractivity contribution >= 4 is 9.84 Å². The minimum Gasteiger partial charge on any atom is -0.218 e. The summed E-state index contributed by atoms with van der Waals surface area (Å²) in [5.41, 5.74) is 6.72. The van der Waals surface area contributed by atoms with Gasteiger partial charge >= 0.3 is 0 Å². The summed E-state index contributed by atoms with van der Waals surface area (Å²) in [6.45, 7) is 16.2.